The van der Waals surface area contributed by atoms with E-state index in [9.17, 15) is 23.9 Å². The number of nitrogens with one attached hydrogen (secondary N) is 1. The van der Waals surface area contributed by atoms with Crippen LogP contribution in [0.1, 0.15) is 18.9 Å². The third kappa shape index (κ3) is 5.90. The topological polar surface area (TPSA) is 133 Å². The molecule has 2 aromatic heterocycles. The van der Waals surface area contributed by atoms with Gasteiger partial charge >= 0.3 is 5.92 Å². The van der Waals surface area contributed by atoms with Gasteiger partial charge in [-0.15, -0.1) is 0 Å². The number of ether oxygens (including phenoxy) is 2. The number of nitrogens with zero attached hydrogens (tertiary/aromatic N) is 5. The highest BCUT2D eigenvalue weighted by Gasteiger charge is 2.48. The van der Waals surface area contributed by atoms with Crippen LogP contribution in [0.2, 0.25) is 0 Å². The second kappa shape index (κ2) is 10.7. The van der Waals surface area contributed by atoms with Crippen LogP contribution in [0.15, 0.2) is 48.7 Å². The van der Waals surface area contributed by atoms with E-state index in [1.807, 2.05) is 6.07 Å². The number of nitriles is 1. The van der Waals surface area contributed by atoms with Crippen LogP contribution in [0.3, 0.4) is 0 Å². The van der Waals surface area contributed by atoms with Crippen molar-refractivity contribution in [1.82, 2.24) is 19.9 Å². The van der Waals surface area contributed by atoms with Crippen LogP contribution in [-0.2, 0) is 4.79 Å². The quantitative estimate of drug-likeness (QED) is 0.492. The maximum absolute atomic E-state index is 14.8. The second-order valence-electron chi connectivity index (χ2n) is 8.37. The summed E-state index contributed by atoms with van der Waals surface area (Å²) in [5.74, 6) is -2.98. The third-order valence-corrected chi connectivity index (χ3v) is 5.70. The molecule has 3 heterocycles. The molecule has 12 heteroatoms. The van der Waals surface area contributed by atoms with Gasteiger partial charge in [-0.05, 0) is 37.3 Å². The van der Waals surface area contributed by atoms with Crippen molar-refractivity contribution in [2.45, 2.75) is 31.5 Å². The lowest BCUT2D eigenvalue weighted by Crippen LogP contribution is -2.56. The largest absolute Gasteiger partial charge is 0.483 e. The summed E-state index contributed by atoms with van der Waals surface area (Å²) >= 11 is 0. The summed E-state index contributed by atoms with van der Waals surface area (Å²) in [6.07, 6.45) is -1.52. The maximum atomic E-state index is 14.8. The van der Waals surface area contributed by atoms with Gasteiger partial charge in [-0.1, -0.05) is 6.07 Å². The van der Waals surface area contributed by atoms with Gasteiger partial charge in [0.15, 0.2) is 6.10 Å². The van der Waals surface area contributed by atoms with E-state index < -0.39 is 30.6 Å². The van der Waals surface area contributed by atoms with Crippen molar-refractivity contribution in [2.75, 3.05) is 25.5 Å². The maximum Gasteiger partial charge on any atom is 0.301 e. The first-order chi connectivity index (χ1) is 17.7. The van der Waals surface area contributed by atoms with Gasteiger partial charge in [0, 0.05) is 30.8 Å². The number of likely N-dealkylation sites (tertiary alicyclic amines) is 1. The van der Waals surface area contributed by atoms with E-state index >= 15 is 0 Å². The van der Waals surface area contributed by atoms with Gasteiger partial charge in [0.1, 0.15) is 23.7 Å². The van der Waals surface area contributed by atoms with Crippen molar-refractivity contribution >= 4 is 17.7 Å². The molecular formula is C25H24F2N6O4. The van der Waals surface area contributed by atoms with Gasteiger partial charge in [0.05, 0.1) is 24.9 Å². The number of aromatic nitrogens is 3. The highest BCUT2D eigenvalue weighted by atomic mass is 19.3. The SMILES string of the molecule is COc1cccc(Nc2nccc(-c3ccc(OC4CCN(C(=O)[C@@H](C)O)CC4(F)F)c(C#N)c3)n2)n1. The molecule has 1 saturated heterocycles. The minimum absolute atomic E-state index is 0.000729. The number of benzene rings is 1. The average Bonchev–Trinajstić information content (AvgIpc) is 2.89. The van der Waals surface area contributed by atoms with Gasteiger partial charge in [-0.3, -0.25) is 4.79 Å². The van der Waals surface area contributed by atoms with E-state index in [-0.39, 0.29) is 30.2 Å². The van der Waals surface area contributed by atoms with Gasteiger partial charge in [0.25, 0.3) is 5.91 Å². The number of halogens is 2. The van der Waals surface area contributed by atoms with Crippen LogP contribution in [0.4, 0.5) is 20.5 Å². The number of carbonyl (C=O) groups excluding carboxylic acids is 1. The normalized spacial score (nSPS) is 17.4. The molecule has 1 aliphatic rings. The Kier molecular flexibility index (Phi) is 7.45. The van der Waals surface area contributed by atoms with Crippen LogP contribution in [-0.4, -0.2) is 69.2 Å². The summed E-state index contributed by atoms with van der Waals surface area (Å²) in [6, 6.07) is 13.3. The Morgan fingerprint density at radius 2 is 2.11 bits per heavy atom. The molecule has 3 aromatic rings. The van der Waals surface area contributed by atoms with Crippen LogP contribution >= 0.6 is 0 Å². The Balaban J connectivity index is 1.51. The first-order valence-electron chi connectivity index (χ1n) is 11.4. The summed E-state index contributed by atoms with van der Waals surface area (Å²) < 4.78 is 40.2. The number of hydrogen-bond acceptors (Lipinski definition) is 9. The van der Waals surface area contributed by atoms with Crippen molar-refractivity contribution in [1.29, 1.82) is 5.26 Å². The lowest BCUT2D eigenvalue weighted by atomic mass is 10.0. The fourth-order valence-corrected chi connectivity index (χ4v) is 3.84. The van der Waals surface area contributed by atoms with Gasteiger partial charge in [0.2, 0.25) is 11.8 Å². The highest BCUT2D eigenvalue weighted by molar-refractivity contribution is 5.80. The summed E-state index contributed by atoms with van der Waals surface area (Å²) in [5, 5.41) is 22.1. The smallest absolute Gasteiger partial charge is 0.301 e. The Bertz CT molecular complexity index is 1330. The summed E-state index contributed by atoms with van der Waals surface area (Å²) in [5.41, 5.74) is 1.09. The second-order valence-corrected chi connectivity index (χ2v) is 8.37. The van der Waals surface area contributed by atoms with Gasteiger partial charge < -0.3 is 24.8 Å². The Labute approximate surface area is 211 Å². The number of pyridine rings is 1. The van der Waals surface area contributed by atoms with Gasteiger partial charge in [-0.25, -0.2) is 18.7 Å². The summed E-state index contributed by atoms with van der Waals surface area (Å²) in [4.78, 5) is 25.7. The van der Waals surface area contributed by atoms with E-state index in [4.69, 9.17) is 9.47 Å². The number of piperidine rings is 1. The fraction of sp³-hybridized carbons (Fsp3) is 0.320. The number of rotatable bonds is 7. The monoisotopic (exact) mass is 510 g/mol. The molecule has 1 amide bonds. The number of anilines is 2. The van der Waals surface area contributed by atoms with Gasteiger partial charge in [-0.2, -0.15) is 10.2 Å². The Morgan fingerprint density at radius 3 is 2.81 bits per heavy atom. The molecule has 0 aliphatic carbocycles. The van der Waals surface area contributed by atoms with E-state index in [1.54, 1.807) is 30.3 Å². The number of carbonyl (C=O) groups is 1. The Hall–Kier alpha value is -4.37. The zero-order chi connectivity index (χ0) is 26.6. The van der Waals surface area contributed by atoms with Crippen molar-refractivity contribution < 1.29 is 28.2 Å². The molecule has 1 unspecified atom stereocenters. The predicted octanol–water partition coefficient (Wildman–Crippen LogP) is 3.16. The molecule has 1 aromatic carbocycles. The molecule has 4 rings (SSSR count). The molecule has 0 bridgehead atoms. The zero-order valence-corrected chi connectivity index (χ0v) is 20.1. The van der Waals surface area contributed by atoms with Crippen LogP contribution in [0, 0.1) is 11.3 Å². The first-order valence-corrected chi connectivity index (χ1v) is 11.4. The van der Waals surface area contributed by atoms with Crippen LogP contribution < -0.4 is 14.8 Å². The molecule has 0 saturated carbocycles. The van der Waals surface area contributed by atoms with E-state index in [1.165, 1.54) is 32.4 Å². The molecule has 192 valence electrons. The molecule has 1 aliphatic heterocycles. The fourth-order valence-electron chi connectivity index (χ4n) is 3.84. The number of aliphatic hydroxyl groups is 1. The van der Waals surface area contributed by atoms with Crippen LogP contribution in [0.5, 0.6) is 11.6 Å². The molecular weight excluding hydrogens is 486 g/mol. The highest BCUT2D eigenvalue weighted by Crippen LogP contribution is 2.34. The average molecular weight is 511 g/mol. The van der Waals surface area contributed by atoms with Crippen molar-refractivity contribution in [3.63, 3.8) is 0 Å². The number of amides is 1. The minimum atomic E-state index is -3.37. The lowest BCUT2D eigenvalue weighted by molar-refractivity contribution is -0.165. The molecule has 37 heavy (non-hydrogen) atoms. The molecule has 2 N–H and O–H groups in total. The van der Waals surface area contributed by atoms with Crippen molar-refractivity contribution in [2.24, 2.45) is 0 Å². The summed E-state index contributed by atoms with van der Waals surface area (Å²) in [7, 11) is 1.51. The van der Waals surface area contributed by atoms with Crippen LogP contribution in [0.25, 0.3) is 11.3 Å². The minimum Gasteiger partial charge on any atom is -0.483 e. The Morgan fingerprint density at radius 1 is 1.30 bits per heavy atom. The molecule has 10 nitrogen and oxygen atoms in total. The molecule has 0 spiro atoms. The molecule has 1 fully saturated rings. The molecule has 2 atom stereocenters. The van der Waals surface area contributed by atoms with Crippen molar-refractivity contribution in [3.8, 4) is 29.0 Å². The third-order valence-electron chi connectivity index (χ3n) is 5.70. The first kappa shape index (κ1) is 25.7. The van der Waals surface area contributed by atoms with Crippen molar-refractivity contribution in [3.05, 3.63) is 54.2 Å². The molecule has 0 radical (unpaired) electrons. The lowest BCUT2D eigenvalue weighted by Gasteiger charge is -2.38. The summed E-state index contributed by atoms with van der Waals surface area (Å²) in [6.45, 7) is 0.360. The number of aliphatic hydroxyl groups excluding tert-OH is 1. The van der Waals surface area contributed by atoms with E-state index in [0.717, 1.165) is 4.90 Å². The number of methoxy groups -OCH3 is 1. The van der Waals surface area contributed by atoms with E-state index in [0.29, 0.717) is 23.0 Å². The number of hydrogen-bond donors (Lipinski definition) is 2. The zero-order valence-electron chi connectivity index (χ0n) is 20.1. The van der Waals surface area contributed by atoms with E-state index in [2.05, 4.69) is 20.3 Å². The predicted molar refractivity (Wildman–Crippen MR) is 128 cm³/mol. The number of alkyl halides is 2. The standard InChI is InChI=1S/C25H24F2N6O4/c1-15(34)23(35)33-11-9-20(25(26,27)14-33)37-19-7-6-16(12-17(19)13-28)18-8-10-29-24(30-18)32-21-4-3-5-22(31-21)36-2/h3-8,10,12,15,20,34H,9,11,14H2,1-2H3,(H,29,30,31,32)/t15-,20?/m1/s1.